The molecule has 138 valence electrons. The number of ether oxygens (including phenoxy) is 1. The number of nitro benzene ring substituents is 1. The summed E-state index contributed by atoms with van der Waals surface area (Å²) in [5.41, 5.74) is 1.15. The number of carbonyl (C=O) groups excluding carboxylic acids is 1. The van der Waals surface area contributed by atoms with E-state index >= 15 is 0 Å². The third kappa shape index (κ3) is 5.02. The Kier molecular flexibility index (Phi) is 5.99. The van der Waals surface area contributed by atoms with Crippen LogP contribution < -0.4 is 10.1 Å². The molecule has 0 bridgehead atoms. The number of anilines is 1. The summed E-state index contributed by atoms with van der Waals surface area (Å²) >= 11 is 2.74. The van der Waals surface area contributed by atoms with Gasteiger partial charge in [0.2, 0.25) is 5.13 Å². The van der Waals surface area contributed by atoms with E-state index in [-0.39, 0.29) is 11.3 Å². The summed E-state index contributed by atoms with van der Waals surface area (Å²) in [7, 11) is 1.62. The van der Waals surface area contributed by atoms with E-state index in [4.69, 9.17) is 4.74 Å². The molecule has 0 fully saturated rings. The van der Waals surface area contributed by atoms with Gasteiger partial charge in [0.1, 0.15) is 5.75 Å². The molecule has 3 rings (SSSR count). The summed E-state index contributed by atoms with van der Waals surface area (Å²) in [5, 5.41) is 21.7. The molecule has 0 saturated heterocycles. The van der Waals surface area contributed by atoms with Crippen LogP contribution in [0.25, 0.3) is 0 Å². The molecule has 0 atom stereocenters. The number of aromatic nitrogens is 2. The van der Waals surface area contributed by atoms with Crippen LogP contribution in [0.1, 0.15) is 15.9 Å². The van der Waals surface area contributed by atoms with Crippen molar-refractivity contribution in [3.63, 3.8) is 0 Å². The van der Waals surface area contributed by atoms with Crippen molar-refractivity contribution in [2.75, 3.05) is 12.4 Å². The molecular formula is C17H14N4O4S2. The highest BCUT2D eigenvalue weighted by molar-refractivity contribution is 8.00. The minimum Gasteiger partial charge on any atom is -0.497 e. The number of nitrogens with one attached hydrogen (secondary N) is 1. The van der Waals surface area contributed by atoms with Crippen molar-refractivity contribution in [3.8, 4) is 5.75 Å². The smallest absolute Gasteiger partial charge is 0.270 e. The second kappa shape index (κ2) is 8.60. The largest absolute Gasteiger partial charge is 0.497 e. The van der Waals surface area contributed by atoms with E-state index in [2.05, 4.69) is 15.5 Å². The number of carbonyl (C=O) groups is 1. The highest BCUT2D eigenvalue weighted by Crippen LogP contribution is 2.29. The zero-order valence-electron chi connectivity index (χ0n) is 14.1. The first-order chi connectivity index (χ1) is 13.0. The zero-order chi connectivity index (χ0) is 19.2. The molecule has 1 aromatic heterocycles. The molecule has 2 aromatic carbocycles. The van der Waals surface area contributed by atoms with Gasteiger partial charge in [0.25, 0.3) is 11.6 Å². The number of rotatable bonds is 7. The molecule has 1 amide bonds. The van der Waals surface area contributed by atoms with E-state index in [0.29, 0.717) is 15.2 Å². The Hall–Kier alpha value is -2.98. The van der Waals surface area contributed by atoms with E-state index in [9.17, 15) is 14.9 Å². The molecule has 0 radical (unpaired) electrons. The number of amides is 1. The summed E-state index contributed by atoms with van der Waals surface area (Å²) in [5.74, 6) is 1.03. The Bertz CT molecular complexity index is 960. The molecule has 10 heteroatoms. The van der Waals surface area contributed by atoms with Crippen LogP contribution in [0.15, 0.2) is 52.9 Å². The highest BCUT2D eigenvalue weighted by Gasteiger charge is 2.14. The molecule has 0 spiro atoms. The number of non-ortho nitro benzene ring substituents is 1. The molecule has 0 aliphatic rings. The highest BCUT2D eigenvalue weighted by atomic mass is 32.2. The lowest BCUT2D eigenvalue weighted by atomic mass is 10.2. The van der Waals surface area contributed by atoms with E-state index in [0.717, 1.165) is 11.3 Å². The standard InChI is InChI=1S/C17H14N4O4S2/c1-25-14-7-5-11(6-8-14)10-26-17-20-19-16(27-17)18-15(22)12-3-2-4-13(9-12)21(23)24/h2-9H,10H2,1H3,(H,18,19,22). The summed E-state index contributed by atoms with van der Waals surface area (Å²) < 4.78 is 5.83. The number of benzene rings is 2. The number of nitrogens with zero attached hydrogens (tertiary/aromatic N) is 3. The van der Waals surface area contributed by atoms with Crippen molar-refractivity contribution >= 4 is 39.8 Å². The van der Waals surface area contributed by atoms with Crippen LogP contribution in [-0.2, 0) is 5.75 Å². The predicted molar refractivity (Wildman–Crippen MR) is 104 cm³/mol. The first-order valence-corrected chi connectivity index (χ1v) is 9.50. The van der Waals surface area contributed by atoms with E-state index in [1.165, 1.54) is 47.4 Å². The van der Waals surface area contributed by atoms with Gasteiger partial charge in [0.05, 0.1) is 12.0 Å². The maximum absolute atomic E-state index is 12.2. The van der Waals surface area contributed by atoms with Crippen molar-refractivity contribution < 1.29 is 14.5 Å². The molecule has 0 aliphatic carbocycles. The van der Waals surface area contributed by atoms with Gasteiger partial charge >= 0.3 is 0 Å². The Morgan fingerprint density at radius 3 is 2.74 bits per heavy atom. The molecule has 3 aromatic rings. The molecule has 8 nitrogen and oxygen atoms in total. The number of hydrogen-bond donors (Lipinski definition) is 1. The van der Waals surface area contributed by atoms with Gasteiger partial charge in [-0.3, -0.25) is 20.2 Å². The lowest BCUT2D eigenvalue weighted by Gasteiger charge is -2.02. The number of methoxy groups -OCH3 is 1. The Morgan fingerprint density at radius 1 is 1.26 bits per heavy atom. The fourth-order valence-corrected chi connectivity index (χ4v) is 3.82. The van der Waals surface area contributed by atoms with Crippen molar-refractivity contribution in [3.05, 3.63) is 69.8 Å². The maximum atomic E-state index is 12.2. The van der Waals surface area contributed by atoms with Gasteiger partial charge in [-0.05, 0) is 23.8 Å². The predicted octanol–water partition coefficient (Wildman–Crippen LogP) is 4.00. The molecule has 1 heterocycles. The van der Waals surface area contributed by atoms with Crippen LogP contribution in [0, 0.1) is 10.1 Å². The Labute approximate surface area is 162 Å². The van der Waals surface area contributed by atoms with E-state index in [1.807, 2.05) is 24.3 Å². The molecule has 0 unspecified atom stereocenters. The van der Waals surface area contributed by atoms with Gasteiger partial charge in [0.15, 0.2) is 4.34 Å². The van der Waals surface area contributed by atoms with Gasteiger partial charge < -0.3 is 4.74 Å². The molecular weight excluding hydrogens is 388 g/mol. The van der Waals surface area contributed by atoms with E-state index < -0.39 is 10.8 Å². The molecule has 27 heavy (non-hydrogen) atoms. The quantitative estimate of drug-likeness (QED) is 0.275. The number of thioether (sulfide) groups is 1. The lowest BCUT2D eigenvalue weighted by Crippen LogP contribution is -2.11. The topological polar surface area (TPSA) is 107 Å². The third-order valence-electron chi connectivity index (χ3n) is 3.47. The van der Waals surface area contributed by atoms with Crippen molar-refractivity contribution in [2.24, 2.45) is 0 Å². The molecule has 0 saturated carbocycles. The van der Waals surface area contributed by atoms with Gasteiger partial charge in [-0.15, -0.1) is 10.2 Å². The minimum absolute atomic E-state index is 0.143. The second-order valence-corrected chi connectivity index (χ2v) is 7.47. The number of nitro groups is 1. The van der Waals surface area contributed by atoms with Crippen LogP contribution in [-0.4, -0.2) is 28.1 Å². The van der Waals surface area contributed by atoms with Gasteiger partial charge in [0, 0.05) is 23.4 Å². The lowest BCUT2D eigenvalue weighted by molar-refractivity contribution is -0.384. The Morgan fingerprint density at radius 2 is 2.04 bits per heavy atom. The van der Waals surface area contributed by atoms with Crippen LogP contribution >= 0.6 is 23.1 Å². The first kappa shape index (κ1) is 18.8. The molecule has 0 aliphatic heterocycles. The van der Waals surface area contributed by atoms with Gasteiger partial charge in [-0.2, -0.15) is 0 Å². The van der Waals surface area contributed by atoms with Crippen LogP contribution in [0.4, 0.5) is 10.8 Å². The van der Waals surface area contributed by atoms with Crippen molar-refractivity contribution in [1.82, 2.24) is 10.2 Å². The average molecular weight is 402 g/mol. The SMILES string of the molecule is COc1ccc(CSc2nnc(NC(=O)c3cccc([N+](=O)[O-])c3)s2)cc1. The van der Waals surface area contributed by atoms with Crippen molar-refractivity contribution in [2.45, 2.75) is 10.1 Å². The van der Waals surface area contributed by atoms with Gasteiger partial charge in [-0.25, -0.2) is 0 Å². The zero-order valence-corrected chi connectivity index (χ0v) is 15.8. The fourth-order valence-electron chi connectivity index (χ4n) is 2.12. The summed E-state index contributed by atoms with van der Waals surface area (Å²) in [6, 6.07) is 13.2. The fraction of sp³-hybridized carbons (Fsp3) is 0.118. The summed E-state index contributed by atoms with van der Waals surface area (Å²) in [4.78, 5) is 22.5. The normalized spacial score (nSPS) is 10.4. The maximum Gasteiger partial charge on any atom is 0.270 e. The van der Waals surface area contributed by atoms with Gasteiger partial charge in [-0.1, -0.05) is 41.3 Å². The van der Waals surface area contributed by atoms with E-state index in [1.54, 1.807) is 7.11 Å². The minimum atomic E-state index is -0.546. The third-order valence-corrected chi connectivity index (χ3v) is 5.51. The summed E-state index contributed by atoms with van der Waals surface area (Å²) in [6.07, 6.45) is 0. The second-order valence-electron chi connectivity index (χ2n) is 5.27. The average Bonchev–Trinajstić information content (AvgIpc) is 3.14. The van der Waals surface area contributed by atoms with Crippen LogP contribution in [0.5, 0.6) is 5.75 Å². The Balaban J connectivity index is 1.59. The monoisotopic (exact) mass is 402 g/mol. The van der Waals surface area contributed by atoms with Crippen LogP contribution in [0.3, 0.4) is 0 Å². The molecule has 1 N–H and O–H groups in total. The first-order valence-electron chi connectivity index (χ1n) is 7.70. The van der Waals surface area contributed by atoms with Crippen LogP contribution in [0.2, 0.25) is 0 Å². The van der Waals surface area contributed by atoms with Crippen molar-refractivity contribution in [1.29, 1.82) is 0 Å². The summed E-state index contributed by atoms with van der Waals surface area (Å²) in [6.45, 7) is 0. The number of hydrogen-bond acceptors (Lipinski definition) is 8.